The summed E-state index contributed by atoms with van der Waals surface area (Å²) in [6.07, 6.45) is -0.418. The van der Waals surface area contributed by atoms with E-state index in [4.69, 9.17) is 4.74 Å². The molecule has 1 fully saturated rings. The maximum absolute atomic E-state index is 10.4. The van der Waals surface area contributed by atoms with Crippen LogP contribution in [0.25, 0.3) is 10.9 Å². The van der Waals surface area contributed by atoms with E-state index in [-0.39, 0.29) is 0 Å². The number of morpholine rings is 1. The van der Waals surface area contributed by atoms with Gasteiger partial charge in [-0.25, -0.2) is 0 Å². The van der Waals surface area contributed by atoms with Crippen LogP contribution in [-0.2, 0) is 4.74 Å². The summed E-state index contributed by atoms with van der Waals surface area (Å²) in [5, 5.41) is 14.9. The molecule has 5 nitrogen and oxygen atoms in total. The highest BCUT2D eigenvalue weighted by Gasteiger charge is 2.16. The maximum Gasteiger partial charge on any atom is 0.0839 e. The Balaban J connectivity index is 1.74. The predicted molar refractivity (Wildman–Crippen MR) is 101 cm³/mol. The molecule has 2 aromatic rings. The van der Waals surface area contributed by atoms with Gasteiger partial charge in [0.1, 0.15) is 0 Å². The van der Waals surface area contributed by atoms with Crippen LogP contribution < -0.4 is 5.32 Å². The summed E-state index contributed by atoms with van der Waals surface area (Å²) in [6.45, 7) is 8.56. The molecule has 1 atom stereocenters. The normalized spacial score (nSPS) is 17.2. The van der Waals surface area contributed by atoms with Crippen molar-refractivity contribution in [3.8, 4) is 0 Å². The molecule has 24 heavy (non-hydrogen) atoms. The van der Waals surface area contributed by atoms with E-state index in [0.717, 1.165) is 58.6 Å². The number of pyridine rings is 1. The number of nitrogens with zero attached hydrogens (tertiary/aromatic N) is 2. The van der Waals surface area contributed by atoms with Gasteiger partial charge < -0.3 is 15.2 Å². The van der Waals surface area contributed by atoms with Crippen LogP contribution >= 0.6 is 15.9 Å². The zero-order chi connectivity index (χ0) is 17.1. The van der Waals surface area contributed by atoms with Crippen molar-refractivity contribution in [1.29, 1.82) is 0 Å². The van der Waals surface area contributed by atoms with Crippen LogP contribution in [0.2, 0.25) is 0 Å². The number of hydrogen-bond acceptors (Lipinski definition) is 5. The predicted octanol–water partition coefficient (Wildman–Crippen LogP) is 2.72. The lowest BCUT2D eigenvalue weighted by molar-refractivity contribution is 0.0171. The van der Waals surface area contributed by atoms with E-state index in [1.807, 2.05) is 19.1 Å². The lowest BCUT2D eigenvalue weighted by Gasteiger charge is -2.28. The van der Waals surface area contributed by atoms with Crippen molar-refractivity contribution in [3.05, 3.63) is 33.9 Å². The van der Waals surface area contributed by atoms with Gasteiger partial charge in [0, 0.05) is 47.4 Å². The summed E-state index contributed by atoms with van der Waals surface area (Å²) < 4.78 is 6.37. The van der Waals surface area contributed by atoms with Gasteiger partial charge in [-0.2, -0.15) is 0 Å². The number of rotatable bonds is 5. The summed E-state index contributed by atoms with van der Waals surface area (Å²) in [4.78, 5) is 6.90. The average Bonchev–Trinajstić information content (AvgIpc) is 2.57. The van der Waals surface area contributed by atoms with E-state index in [9.17, 15) is 5.11 Å². The molecule has 0 saturated carbocycles. The molecule has 2 heterocycles. The van der Waals surface area contributed by atoms with Crippen LogP contribution in [0.15, 0.2) is 22.7 Å². The van der Waals surface area contributed by atoms with Crippen LogP contribution in [0.3, 0.4) is 0 Å². The number of ether oxygens (including phenoxy) is 1. The largest absolute Gasteiger partial charge is 0.390 e. The summed E-state index contributed by atoms with van der Waals surface area (Å²) in [6, 6.07) is 6.09. The molecule has 2 N–H and O–H groups in total. The van der Waals surface area contributed by atoms with Crippen molar-refractivity contribution in [1.82, 2.24) is 9.88 Å². The number of hydrogen-bond donors (Lipinski definition) is 2. The molecular formula is C18H24BrN3O2. The highest BCUT2D eigenvalue weighted by molar-refractivity contribution is 9.10. The molecule has 130 valence electrons. The van der Waals surface area contributed by atoms with Crippen molar-refractivity contribution >= 4 is 32.5 Å². The zero-order valence-corrected chi connectivity index (χ0v) is 15.8. The Kier molecular flexibility index (Phi) is 5.71. The Morgan fingerprint density at radius 3 is 2.83 bits per heavy atom. The average molecular weight is 394 g/mol. The molecule has 0 bridgehead atoms. The number of benzene rings is 1. The topological polar surface area (TPSA) is 57.6 Å². The highest BCUT2D eigenvalue weighted by Crippen LogP contribution is 2.30. The lowest BCUT2D eigenvalue weighted by atomic mass is 10.1. The molecule has 0 radical (unpaired) electrons. The van der Waals surface area contributed by atoms with Gasteiger partial charge in [-0.15, -0.1) is 0 Å². The second-order valence-corrected chi connectivity index (χ2v) is 7.22. The number of fused-ring (bicyclic) bond motifs is 1. The van der Waals surface area contributed by atoms with E-state index in [2.05, 4.69) is 44.1 Å². The fraction of sp³-hybridized carbons (Fsp3) is 0.500. The number of halogens is 1. The summed E-state index contributed by atoms with van der Waals surface area (Å²) in [5.41, 5.74) is 4.15. The number of aromatic nitrogens is 1. The van der Waals surface area contributed by atoms with Gasteiger partial charge in [0.25, 0.3) is 0 Å². The maximum atomic E-state index is 10.4. The van der Waals surface area contributed by atoms with Gasteiger partial charge in [0.05, 0.1) is 24.8 Å². The molecule has 0 aliphatic carbocycles. The van der Waals surface area contributed by atoms with Crippen LogP contribution in [-0.4, -0.2) is 60.5 Å². The molecule has 3 rings (SSSR count). The first kappa shape index (κ1) is 17.6. The quantitative estimate of drug-likeness (QED) is 0.817. The van der Waals surface area contributed by atoms with Crippen LogP contribution in [0.1, 0.15) is 11.3 Å². The molecule has 0 amide bonds. The fourth-order valence-electron chi connectivity index (χ4n) is 3.05. The number of aryl methyl sites for hydroxylation is 1. The SMILES string of the molecule is Cc1nc2ccc(Br)cc2c(NCC(O)CN2CCOCC2)c1C. The molecule has 1 unspecified atom stereocenters. The van der Waals surface area contributed by atoms with E-state index < -0.39 is 6.10 Å². The first-order valence-electron chi connectivity index (χ1n) is 8.33. The van der Waals surface area contributed by atoms with Gasteiger partial charge >= 0.3 is 0 Å². The van der Waals surface area contributed by atoms with Crippen LogP contribution in [0, 0.1) is 13.8 Å². The molecule has 1 aromatic heterocycles. The number of β-amino-alcohol motifs (C(OH)–C–C–N with tert-alkyl or cyclic N) is 1. The summed E-state index contributed by atoms with van der Waals surface area (Å²) in [7, 11) is 0. The minimum Gasteiger partial charge on any atom is -0.390 e. The van der Waals surface area contributed by atoms with Crippen molar-refractivity contribution in [3.63, 3.8) is 0 Å². The third kappa shape index (κ3) is 4.06. The summed E-state index contributed by atoms with van der Waals surface area (Å²) >= 11 is 3.53. The number of aliphatic hydroxyl groups excluding tert-OH is 1. The third-order valence-electron chi connectivity index (χ3n) is 4.52. The minimum absolute atomic E-state index is 0.418. The van der Waals surface area contributed by atoms with Gasteiger partial charge in [-0.3, -0.25) is 9.88 Å². The Morgan fingerprint density at radius 1 is 1.33 bits per heavy atom. The Hall–Kier alpha value is -1.21. The van der Waals surface area contributed by atoms with Gasteiger partial charge in [0.15, 0.2) is 0 Å². The molecule has 1 aliphatic rings. The van der Waals surface area contributed by atoms with E-state index in [1.165, 1.54) is 0 Å². The Bertz CT molecular complexity index is 717. The van der Waals surface area contributed by atoms with E-state index in [1.54, 1.807) is 0 Å². The molecular weight excluding hydrogens is 370 g/mol. The third-order valence-corrected chi connectivity index (χ3v) is 5.01. The first-order chi connectivity index (χ1) is 11.5. The number of anilines is 1. The smallest absolute Gasteiger partial charge is 0.0839 e. The molecule has 1 aliphatic heterocycles. The Morgan fingerprint density at radius 2 is 2.08 bits per heavy atom. The minimum atomic E-state index is -0.418. The fourth-order valence-corrected chi connectivity index (χ4v) is 3.41. The van der Waals surface area contributed by atoms with Crippen LogP contribution in [0.4, 0.5) is 5.69 Å². The molecule has 6 heteroatoms. The van der Waals surface area contributed by atoms with Gasteiger partial charge in [0.2, 0.25) is 0 Å². The van der Waals surface area contributed by atoms with E-state index >= 15 is 0 Å². The Labute approximate surface area is 151 Å². The standard InChI is InChI=1S/C18H24BrN3O2/c1-12-13(2)21-17-4-3-14(19)9-16(17)18(12)20-10-15(23)11-22-5-7-24-8-6-22/h3-4,9,15,23H,5-8,10-11H2,1-2H3,(H,20,21). The second kappa shape index (κ2) is 7.78. The van der Waals surface area contributed by atoms with Crippen molar-refractivity contribution in [2.24, 2.45) is 0 Å². The first-order valence-corrected chi connectivity index (χ1v) is 9.12. The van der Waals surface area contributed by atoms with Gasteiger partial charge in [-0.05, 0) is 37.6 Å². The lowest BCUT2D eigenvalue weighted by Crippen LogP contribution is -2.42. The van der Waals surface area contributed by atoms with Crippen molar-refractivity contribution in [2.75, 3.05) is 44.7 Å². The molecule has 0 spiro atoms. The number of nitrogens with one attached hydrogen (secondary N) is 1. The van der Waals surface area contributed by atoms with E-state index in [0.29, 0.717) is 13.1 Å². The second-order valence-electron chi connectivity index (χ2n) is 6.31. The molecule has 1 aromatic carbocycles. The monoisotopic (exact) mass is 393 g/mol. The summed E-state index contributed by atoms with van der Waals surface area (Å²) in [5.74, 6) is 0. The highest BCUT2D eigenvalue weighted by atomic mass is 79.9. The van der Waals surface area contributed by atoms with Crippen molar-refractivity contribution in [2.45, 2.75) is 20.0 Å². The zero-order valence-electron chi connectivity index (χ0n) is 14.2. The van der Waals surface area contributed by atoms with Crippen LogP contribution in [0.5, 0.6) is 0 Å². The molecule has 1 saturated heterocycles. The van der Waals surface area contributed by atoms with Gasteiger partial charge in [-0.1, -0.05) is 15.9 Å². The van der Waals surface area contributed by atoms with Crippen molar-refractivity contribution < 1.29 is 9.84 Å². The number of aliphatic hydroxyl groups is 1.